The van der Waals surface area contributed by atoms with E-state index < -0.39 is 5.54 Å². The molecule has 5 rings (SSSR count). The first-order valence-electron chi connectivity index (χ1n) is 11.3. The zero-order chi connectivity index (χ0) is 21.4. The molecule has 1 N–H and O–H groups in total. The number of nitrogens with one attached hydrogen (secondary N) is 1. The molecular formula is C25H30N4O2. The molecule has 0 unspecified atom stereocenters. The van der Waals surface area contributed by atoms with Gasteiger partial charge in [0.25, 0.3) is 5.91 Å². The molecule has 3 fully saturated rings. The molecule has 2 aromatic carbocycles. The fourth-order valence-corrected chi connectivity index (χ4v) is 5.03. The van der Waals surface area contributed by atoms with Crippen LogP contribution in [0.25, 0.3) is 0 Å². The van der Waals surface area contributed by atoms with Crippen molar-refractivity contribution in [2.45, 2.75) is 31.3 Å². The number of benzene rings is 2. The Morgan fingerprint density at radius 3 is 1.97 bits per heavy atom. The summed E-state index contributed by atoms with van der Waals surface area (Å²) in [4.78, 5) is 31.6. The van der Waals surface area contributed by atoms with E-state index in [1.54, 1.807) is 0 Å². The monoisotopic (exact) mass is 418 g/mol. The van der Waals surface area contributed by atoms with Crippen molar-refractivity contribution in [3.63, 3.8) is 0 Å². The summed E-state index contributed by atoms with van der Waals surface area (Å²) in [6, 6.07) is 21.2. The van der Waals surface area contributed by atoms with Crippen LogP contribution in [0.5, 0.6) is 0 Å². The summed E-state index contributed by atoms with van der Waals surface area (Å²) < 4.78 is 0. The van der Waals surface area contributed by atoms with Crippen molar-refractivity contribution in [3.8, 4) is 0 Å². The maximum atomic E-state index is 12.9. The van der Waals surface area contributed by atoms with E-state index in [-0.39, 0.29) is 18.0 Å². The third-order valence-corrected chi connectivity index (χ3v) is 7.04. The third-order valence-electron chi connectivity index (χ3n) is 7.04. The molecule has 2 saturated heterocycles. The second-order valence-corrected chi connectivity index (χ2v) is 9.16. The van der Waals surface area contributed by atoms with Gasteiger partial charge in [0.1, 0.15) is 5.54 Å². The van der Waals surface area contributed by atoms with Crippen LogP contribution in [0.3, 0.4) is 0 Å². The minimum atomic E-state index is -0.704. The van der Waals surface area contributed by atoms with E-state index in [0.29, 0.717) is 12.6 Å². The Kier molecular flexibility index (Phi) is 5.28. The van der Waals surface area contributed by atoms with Gasteiger partial charge in [-0.2, -0.15) is 0 Å². The lowest BCUT2D eigenvalue weighted by Crippen LogP contribution is -2.52. The van der Waals surface area contributed by atoms with Gasteiger partial charge in [0, 0.05) is 26.2 Å². The standard InChI is InChI=1S/C25H30N4O2/c1-25(21-12-13-21)23(30)29(24(31)26-25)18-27-14-16-28(17-15-27)22(19-8-4-2-5-9-19)20-10-6-3-7-11-20/h2-11,21-22H,12-18H2,1H3,(H,26,31)/t25-/m1/s1. The van der Waals surface area contributed by atoms with Crippen molar-refractivity contribution < 1.29 is 9.59 Å². The third kappa shape index (κ3) is 3.86. The Bertz CT molecular complexity index is 899. The molecule has 0 aromatic heterocycles. The zero-order valence-electron chi connectivity index (χ0n) is 18.0. The van der Waals surface area contributed by atoms with E-state index in [4.69, 9.17) is 0 Å². The number of amides is 3. The van der Waals surface area contributed by atoms with Crippen LogP contribution in [-0.4, -0.2) is 65.0 Å². The molecule has 1 aliphatic carbocycles. The van der Waals surface area contributed by atoms with Crippen LogP contribution in [0, 0.1) is 5.92 Å². The summed E-state index contributed by atoms with van der Waals surface area (Å²) in [7, 11) is 0. The van der Waals surface area contributed by atoms with E-state index in [0.717, 1.165) is 39.0 Å². The number of nitrogens with zero attached hydrogens (tertiary/aromatic N) is 3. The number of hydrogen-bond donors (Lipinski definition) is 1. The summed E-state index contributed by atoms with van der Waals surface area (Å²) in [5.74, 6) is 0.233. The highest BCUT2D eigenvalue weighted by molar-refractivity contribution is 6.07. The van der Waals surface area contributed by atoms with Crippen LogP contribution in [0.15, 0.2) is 60.7 Å². The van der Waals surface area contributed by atoms with E-state index in [9.17, 15) is 9.59 Å². The van der Waals surface area contributed by atoms with Crippen LogP contribution < -0.4 is 5.32 Å². The molecule has 3 aliphatic rings. The minimum absolute atomic E-state index is 0.0612. The molecule has 6 nitrogen and oxygen atoms in total. The zero-order valence-corrected chi connectivity index (χ0v) is 18.0. The highest BCUT2D eigenvalue weighted by atomic mass is 16.2. The Hall–Kier alpha value is -2.70. The molecule has 0 bridgehead atoms. The highest BCUT2D eigenvalue weighted by Crippen LogP contribution is 2.42. The number of rotatable bonds is 6. The fourth-order valence-electron chi connectivity index (χ4n) is 5.03. The van der Waals surface area contributed by atoms with Gasteiger partial charge in [-0.15, -0.1) is 0 Å². The molecule has 162 valence electrons. The first kappa shape index (κ1) is 20.2. The van der Waals surface area contributed by atoms with Crippen LogP contribution in [0.2, 0.25) is 0 Å². The van der Waals surface area contributed by atoms with Gasteiger partial charge in [-0.25, -0.2) is 9.69 Å². The Morgan fingerprint density at radius 2 is 1.45 bits per heavy atom. The molecule has 0 radical (unpaired) electrons. The van der Waals surface area contributed by atoms with E-state index in [2.05, 4.69) is 75.8 Å². The molecule has 1 saturated carbocycles. The molecule has 31 heavy (non-hydrogen) atoms. The van der Waals surface area contributed by atoms with Gasteiger partial charge in [-0.05, 0) is 36.8 Å². The van der Waals surface area contributed by atoms with Crippen molar-refractivity contribution in [3.05, 3.63) is 71.8 Å². The maximum Gasteiger partial charge on any atom is 0.326 e. The van der Waals surface area contributed by atoms with Gasteiger partial charge in [0.15, 0.2) is 0 Å². The minimum Gasteiger partial charge on any atom is -0.323 e. The number of urea groups is 1. The second kappa shape index (κ2) is 8.09. The second-order valence-electron chi connectivity index (χ2n) is 9.16. The molecule has 0 spiro atoms. The molecule has 6 heteroatoms. The molecular weight excluding hydrogens is 388 g/mol. The lowest BCUT2D eigenvalue weighted by atomic mass is 9.96. The Balaban J connectivity index is 1.26. The summed E-state index contributed by atoms with van der Waals surface area (Å²) in [5.41, 5.74) is 1.87. The lowest BCUT2D eigenvalue weighted by molar-refractivity contribution is -0.133. The van der Waals surface area contributed by atoms with Crippen molar-refractivity contribution in [1.82, 2.24) is 20.0 Å². The summed E-state index contributed by atoms with van der Waals surface area (Å²) in [6.45, 7) is 5.69. The Labute approximate surface area is 183 Å². The number of hydrogen-bond acceptors (Lipinski definition) is 4. The van der Waals surface area contributed by atoms with Crippen molar-refractivity contribution in [2.75, 3.05) is 32.8 Å². The summed E-state index contributed by atoms with van der Waals surface area (Å²) >= 11 is 0. The van der Waals surface area contributed by atoms with E-state index >= 15 is 0 Å². The topological polar surface area (TPSA) is 55.9 Å². The summed E-state index contributed by atoms with van der Waals surface area (Å²) in [6.07, 6.45) is 2.05. The first-order valence-corrected chi connectivity index (χ1v) is 11.3. The lowest BCUT2D eigenvalue weighted by Gasteiger charge is -2.40. The fraction of sp³-hybridized carbons (Fsp3) is 0.440. The number of carbonyl (C=O) groups is 2. The molecule has 2 aromatic rings. The van der Waals surface area contributed by atoms with E-state index in [1.807, 2.05) is 6.92 Å². The van der Waals surface area contributed by atoms with Gasteiger partial charge in [-0.1, -0.05) is 60.7 Å². The highest BCUT2D eigenvalue weighted by Gasteiger charge is 2.56. The molecule has 2 aliphatic heterocycles. The predicted octanol–water partition coefficient (Wildman–Crippen LogP) is 3.07. The SMILES string of the molecule is C[C@]1(C2CC2)NC(=O)N(CN2CCN(C(c3ccccc3)c3ccccc3)CC2)C1=O. The molecule has 3 amide bonds. The quantitative estimate of drug-likeness (QED) is 0.733. The normalized spacial score (nSPS) is 25.3. The van der Waals surface area contributed by atoms with Gasteiger partial charge >= 0.3 is 6.03 Å². The number of imide groups is 1. The van der Waals surface area contributed by atoms with Gasteiger partial charge in [0.2, 0.25) is 0 Å². The van der Waals surface area contributed by atoms with Crippen molar-refractivity contribution >= 4 is 11.9 Å². The van der Waals surface area contributed by atoms with Crippen molar-refractivity contribution in [1.29, 1.82) is 0 Å². The van der Waals surface area contributed by atoms with Gasteiger partial charge < -0.3 is 5.32 Å². The predicted molar refractivity (Wildman–Crippen MR) is 119 cm³/mol. The van der Waals surface area contributed by atoms with Crippen LogP contribution >= 0.6 is 0 Å². The van der Waals surface area contributed by atoms with Gasteiger partial charge in [0.05, 0.1) is 12.7 Å². The molecule has 2 heterocycles. The first-order chi connectivity index (χ1) is 15.1. The average molecular weight is 419 g/mol. The number of piperazine rings is 1. The maximum absolute atomic E-state index is 12.9. The Morgan fingerprint density at radius 1 is 0.903 bits per heavy atom. The number of carbonyl (C=O) groups excluding carboxylic acids is 2. The van der Waals surface area contributed by atoms with E-state index in [1.165, 1.54) is 16.0 Å². The molecule has 1 atom stereocenters. The van der Waals surface area contributed by atoms with Crippen LogP contribution in [0.1, 0.15) is 36.9 Å². The average Bonchev–Trinajstić information content (AvgIpc) is 3.63. The summed E-state index contributed by atoms with van der Waals surface area (Å²) in [5, 5.41) is 2.95. The largest absolute Gasteiger partial charge is 0.326 e. The van der Waals surface area contributed by atoms with Crippen LogP contribution in [-0.2, 0) is 4.79 Å². The van der Waals surface area contributed by atoms with Gasteiger partial charge in [-0.3, -0.25) is 14.6 Å². The smallest absolute Gasteiger partial charge is 0.323 e. The van der Waals surface area contributed by atoms with Crippen LogP contribution in [0.4, 0.5) is 4.79 Å². The van der Waals surface area contributed by atoms with Crippen molar-refractivity contribution in [2.24, 2.45) is 5.92 Å².